The van der Waals surface area contributed by atoms with Crippen LogP contribution in [0.15, 0.2) is 42.7 Å². The maximum Gasteiger partial charge on any atom is 2.00 e. The molecule has 0 aliphatic rings. The van der Waals surface area contributed by atoms with Gasteiger partial charge in [-0.3, -0.25) is 9.78 Å². The molecule has 0 fully saturated rings. The number of primary amides is 1. The molecule has 131 valence electrons. The van der Waals surface area contributed by atoms with Crippen molar-refractivity contribution in [3.63, 3.8) is 0 Å². The molecule has 0 aliphatic carbocycles. The smallest absolute Gasteiger partial charge is 0.543 e. The first-order valence-electron chi connectivity index (χ1n) is 5.51. The first-order valence-corrected chi connectivity index (χ1v) is 5.51. The molecule has 1 radical (unpaired) electrons. The van der Waals surface area contributed by atoms with Crippen molar-refractivity contribution >= 4 is 17.8 Å². The number of carboxylic acid groups (broad SMARTS) is 2. The van der Waals surface area contributed by atoms with Gasteiger partial charge in [-0.1, -0.05) is 6.07 Å². The van der Waals surface area contributed by atoms with Crippen LogP contribution in [0.3, 0.4) is 0 Å². The molecule has 0 bridgehead atoms. The average molecular weight is 384 g/mol. The summed E-state index contributed by atoms with van der Waals surface area (Å²) in [4.78, 5) is 37.7. The molecule has 0 aliphatic heterocycles. The largest absolute Gasteiger partial charge is 2.00 e. The van der Waals surface area contributed by atoms with Gasteiger partial charge in [0.1, 0.15) is 0 Å². The maximum absolute atomic E-state index is 10.4. The summed E-state index contributed by atoms with van der Waals surface area (Å²) in [6.45, 7) is 0. The van der Waals surface area contributed by atoms with E-state index in [0.717, 1.165) is 12.1 Å². The Morgan fingerprint density at radius 1 is 0.875 bits per heavy atom. The van der Waals surface area contributed by atoms with Gasteiger partial charge in [0, 0.05) is 18.0 Å². The Bertz CT molecular complexity index is 638. The summed E-state index contributed by atoms with van der Waals surface area (Å²) < 4.78 is 0. The molecule has 0 aromatic carbocycles. The second-order valence-electron chi connectivity index (χ2n) is 3.58. The summed E-state index contributed by atoms with van der Waals surface area (Å²) >= 11 is 0. The molecule has 0 spiro atoms. The van der Waals surface area contributed by atoms with E-state index >= 15 is 0 Å². The number of pyridine rings is 2. The second-order valence-corrected chi connectivity index (χ2v) is 3.58. The van der Waals surface area contributed by atoms with E-state index in [1.807, 2.05) is 0 Å². The number of carbonyl (C=O) groups is 3. The quantitative estimate of drug-likeness (QED) is 0.519. The van der Waals surface area contributed by atoms with Crippen molar-refractivity contribution in [1.29, 1.82) is 0 Å². The number of carboxylic acids is 2. The monoisotopic (exact) mass is 384 g/mol. The van der Waals surface area contributed by atoms with Crippen LogP contribution in [-0.4, -0.2) is 27.8 Å². The van der Waals surface area contributed by atoms with E-state index in [1.165, 1.54) is 18.5 Å². The van der Waals surface area contributed by atoms with Gasteiger partial charge in [-0.05, 0) is 24.3 Å². The molecule has 0 unspecified atom stereocenters. The van der Waals surface area contributed by atoms with Gasteiger partial charge in [0.15, 0.2) is 0 Å². The van der Waals surface area contributed by atoms with Crippen LogP contribution in [0.4, 0.5) is 0 Å². The average Bonchev–Trinajstić information content (AvgIpc) is 2.49. The summed E-state index contributed by atoms with van der Waals surface area (Å²) in [6, 6.07) is 6.68. The Morgan fingerprint density at radius 3 is 1.58 bits per heavy atom. The summed E-state index contributed by atoms with van der Waals surface area (Å²) in [7, 11) is 0. The molecule has 0 saturated heterocycles. The van der Waals surface area contributed by atoms with Gasteiger partial charge in [-0.25, -0.2) is 4.98 Å². The fourth-order valence-electron chi connectivity index (χ4n) is 1.18. The molecule has 10 nitrogen and oxygen atoms in total. The zero-order valence-corrected chi connectivity index (χ0v) is 13.1. The number of rotatable bonds is 3. The van der Waals surface area contributed by atoms with E-state index in [0.29, 0.717) is 5.56 Å². The predicted molar refractivity (Wildman–Crippen MR) is 75.4 cm³/mol. The third kappa shape index (κ3) is 8.55. The van der Waals surface area contributed by atoms with E-state index in [-0.39, 0.29) is 27.7 Å². The predicted octanol–water partition coefficient (Wildman–Crippen LogP) is -3.86. The fourth-order valence-corrected chi connectivity index (χ4v) is 1.18. The van der Waals surface area contributed by atoms with E-state index in [1.54, 1.807) is 12.1 Å². The van der Waals surface area contributed by atoms with Gasteiger partial charge in [0.2, 0.25) is 5.91 Å². The molecule has 2 aromatic heterocycles. The molecule has 2 rings (SSSR count). The van der Waals surface area contributed by atoms with Crippen LogP contribution in [0.2, 0.25) is 0 Å². The first kappa shape index (κ1) is 26.1. The molecule has 0 saturated carbocycles. The van der Waals surface area contributed by atoms with Crippen LogP contribution in [0.25, 0.3) is 0 Å². The summed E-state index contributed by atoms with van der Waals surface area (Å²) in [6.07, 6.45) is 3.06. The van der Waals surface area contributed by atoms with Crippen LogP contribution >= 0.6 is 0 Å². The molecular formula is C13H15CoN3O7+2. The van der Waals surface area contributed by atoms with Gasteiger partial charge < -0.3 is 36.5 Å². The minimum absolute atomic E-state index is 0. The van der Waals surface area contributed by atoms with Crippen LogP contribution in [-0.2, 0) is 27.7 Å². The van der Waals surface area contributed by atoms with Gasteiger partial charge in [-0.15, -0.1) is 0 Å². The van der Waals surface area contributed by atoms with Crippen molar-refractivity contribution in [2.75, 3.05) is 0 Å². The number of hydrogen-bond acceptors (Lipinski definition) is 7. The Hall–Kier alpha value is -2.86. The first-order chi connectivity index (χ1) is 9.91. The maximum atomic E-state index is 10.4. The molecule has 11 heteroatoms. The fraction of sp³-hybridized carbons (Fsp3) is 0. The minimum atomic E-state index is -1.52. The molecular weight excluding hydrogens is 369 g/mol. The molecule has 24 heavy (non-hydrogen) atoms. The van der Waals surface area contributed by atoms with Crippen molar-refractivity contribution in [3.05, 3.63) is 59.7 Å². The Kier molecular flexibility index (Phi) is 13.7. The third-order valence-corrected chi connectivity index (χ3v) is 2.13. The number of nitrogens with zero attached hydrogens (tertiary/aromatic N) is 2. The van der Waals surface area contributed by atoms with Gasteiger partial charge in [-0.2, -0.15) is 0 Å². The molecule has 8 N–H and O–H groups in total. The zero-order valence-electron chi connectivity index (χ0n) is 12.0. The van der Waals surface area contributed by atoms with E-state index in [2.05, 4.69) is 9.97 Å². The topological polar surface area (TPSA) is 215 Å². The Morgan fingerprint density at radius 2 is 1.29 bits per heavy atom. The standard InChI is InChI=1S/C7H5NO4.C6H6N2O.Co.2H2O/c9-6(10)4-2-1-3-5(8-4)7(11)12;7-6(9)5-1-3-8-4-2-5;;;/h1-3H,(H,9,10)(H,11,12);1-4H,(H2,7,9);;2*1H2/q;;+2;;. The van der Waals surface area contributed by atoms with Gasteiger partial charge in [0.05, 0.1) is 23.3 Å². The Balaban J connectivity index is -0.000000336. The van der Waals surface area contributed by atoms with Crippen molar-refractivity contribution in [2.45, 2.75) is 0 Å². The van der Waals surface area contributed by atoms with Gasteiger partial charge >= 0.3 is 16.8 Å². The van der Waals surface area contributed by atoms with Crippen molar-refractivity contribution < 1.29 is 52.3 Å². The molecule has 2 aromatic rings. The van der Waals surface area contributed by atoms with Crippen LogP contribution in [0.5, 0.6) is 0 Å². The van der Waals surface area contributed by atoms with Crippen LogP contribution in [0, 0.1) is 0 Å². The van der Waals surface area contributed by atoms with E-state index in [9.17, 15) is 24.6 Å². The zero-order chi connectivity index (χ0) is 15.8. The number of amides is 1. The summed E-state index contributed by atoms with van der Waals surface area (Å²) in [5.74, 6) is -3.45. The number of hydrogen-bond donors (Lipinski definition) is 1. The van der Waals surface area contributed by atoms with Gasteiger partial charge in [0.25, 0.3) is 0 Å². The van der Waals surface area contributed by atoms with Crippen molar-refractivity contribution in [2.24, 2.45) is 5.73 Å². The number of aromatic carboxylic acids is 2. The van der Waals surface area contributed by atoms with E-state index < -0.39 is 29.2 Å². The molecule has 2 heterocycles. The summed E-state index contributed by atoms with van der Waals surface area (Å²) in [5.41, 5.74) is 4.60. The number of carbonyl (C=O) groups excluding carboxylic acids is 3. The summed E-state index contributed by atoms with van der Waals surface area (Å²) in [5, 5.41) is 20.4. The SMILES string of the molecule is NC(=O)c1ccncc1.O=C([O-])c1cccc(C(=O)[O-])n1.[Co+2].[OH3+].[OH3+]. The minimum Gasteiger partial charge on any atom is -0.543 e. The molecule has 0 atom stereocenters. The normalized spacial score (nSPS) is 8.00. The Labute approximate surface area is 146 Å². The van der Waals surface area contributed by atoms with E-state index in [4.69, 9.17) is 5.73 Å². The second kappa shape index (κ2) is 12.7. The molecule has 1 amide bonds. The number of aromatic nitrogens is 2. The number of nitrogens with two attached hydrogens (primary N) is 1. The van der Waals surface area contributed by atoms with Crippen molar-refractivity contribution in [1.82, 2.24) is 9.97 Å². The van der Waals surface area contributed by atoms with Crippen LogP contribution in [0.1, 0.15) is 31.3 Å². The van der Waals surface area contributed by atoms with Crippen molar-refractivity contribution in [3.8, 4) is 0 Å². The van der Waals surface area contributed by atoms with Crippen LogP contribution < -0.4 is 15.9 Å². The third-order valence-electron chi connectivity index (χ3n) is 2.13.